The molecule has 0 heteroatoms. The van der Waals surface area contributed by atoms with Gasteiger partial charge in [-0.25, -0.2) is 0 Å². The smallest absolute Gasteiger partial charge is 0.0406 e. The van der Waals surface area contributed by atoms with Crippen LogP contribution in [0.4, 0.5) is 0 Å². The van der Waals surface area contributed by atoms with E-state index in [0.717, 1.165) is 11.8 Å². The number of hydrogen-bond donors (Lipinski definition) is 0. The van der Waals surface area contributed by atoms with Crippen molar-refractivity contribution in [2.24, 2.45) is 35.5 Å². The van der Waals surface area contributed by atoms with Crippen molar-refractivity contribution in [1.82, 2.24) is 0 Å². The van der Waals surface area contributed by atoms with Gasteiger partial charge in [-0.05, 0) is 74.0 Å². The molecule has 0 nitrogen and oxygen atoms in total. The van der Waals surface area contributed by atoms with Crippen LogP contribution in [-0.2, 0) is 0 Å². The van der Waals surface area contributed by atoms with Crippen LogP contribution >= 0.6 is 0 Å². The van der Waals surface area contributed by atoms with Gasteiger partial charge < -0.3 is 0 Å². The monoisotopic (exact) mass is 306 g/mol. The summed E-state index contributed by atoms with van der Waals surface area (Å²) >= 11 is 0. The topological polar surface area (TPSA) is 0 Å². The minimum absolute atomic E-state index is 1.16. The minimum atomic E-state index is 1.16. The first-order valence-electron chi connectivity index (χ1n) is 10.8. The van der Waals surface area contributed by atoms with Crippen molar-refractivity contribution in [3.8, 4) is 0 Å². The highest BCUT2D eigenvalue weighted by atomic mass is 14.4. The fourth-order valence-corrected chi connectivity index (χ4v) is 6.24. The molecule has 6 aliphatic rings. The Morgan fingerprint density at radius 2 is 0.545 bits per heavy atom. The summed E-state index contributed by atoms with van der Waals surface area (Å²) in [6.45, 7) is 8.00. The summed E-state index contributed by atoms with van der Waals surface area (Å²) in [5.74, 6) is 6.99. The van der Waals surface area contributed by atoms with E-state index in [2.05, 4.69) is 0 Å². The molecule has 0 radical (unpaired) electrons. The van der Waals surface area contributed by atoms with Gasteiger partial charge >= 0.3 is 0 Å². The molecule has 0 aromatic rings. The second kappa shape index (κ2) is 9.33. The van der Waals surface area contributed by atoms with Gasteiger partial charge in [-0.15, -0.1) is 0 Å². The summed E-state index contributed by atoms with van der Waals surface area (Å²) in [5, 5.41) is 0. The Labute approximate surface area is 140 Å². The predicted octanol–water partition coefficient (Wildman–Crippen LogP) is 7.47. The lowest BCUT2D eigenvalue weighted by Crippen LogP contribution is -2.26. The normalized spacial score (nSPS) is 43.1. The first kappa shape index (κ1) is 18.3. The molecule has 0 atom stereocenters. The molecular weight excluding hydrogens is 264 g/mol. The fraction of sp³-hybridized carbons (Fsp3) is 1.00. The molecule has 0 unspecified atom stereocenters. The number of rotatable bonds is 0. The van der Waals surface area contributed by atoms with Crippen molar-refractivity contribution in [1.29, 1.82) is 0 Å². The molecular formula is C22H42. The molecule has 22 heavy (non-hydrogen) atoms. The summed E-state index contributed by atoms with van der Waals surface area (Å²) in [6, 6.07) is 0. The van der Waals surface area contributed by atoms with Crippen molar-refractivity contribution in [2.75, 3.05) is 0 Å². The maximum Gasteiger partial charge on any atom is -0.0406 e. The van der Waals surface area contributed by atoms with Gasteiger partial charge in [0.2, 0.25) is 0 Å². The first-order valence-corrected chi connectivity index (χ1v) is 10.8. The third kappa shape index (κ3) is 4.75. The van der Waals surface area contributed by atoms with Gasteiger partial charge in [0.1, 0.15) is 0 Å². The Bertz CT molecular complexity index is 242. The molecule has 6 bridgehead atoms. The zero-order chi connectivity index (χ0) is 15.9. The van der Waals surface area contributed by atoms with Crippen LogP contribution in [0.1, 0.15) is 105 Å². The van der Waals surface area contributed by atoms with E-state index in [1.54, 1.807) is 77.0 Å². The molecule has 0 aromatic carbocycles. The molecule has 0 aliphatic heterocycles. The van der Waals surface area contributed by atoms with Gasteiger partial charge in [-0.1, -0.05) is 66.2 Å². The SMILES string of the molecule is C1CC2CC3CC1CC(C2)C3.C1CC2CCC1C2.CC.CC. The van der Waals surface area contributed by atoms with Crippen LogP contribution in [0.3, 0.4) is 0 Å². The molecule has 0 saturated heterocycles. The predicted molar refractivity (Wildman–Crippen MR) is 99.0 cm³/mol. The third-order valence-corrected chi connectivity index (χ3v) is 6.95. The first-order chi connectivity index (χ1) is 10.8. The highest BCUT2D eigenvalue weighted by Gasteiger charge is 2.38. The van der Waals surface area contributed by atoms with E-state index in [0.29, 0.717) is 0 Å². The zero-order valence-corrected chi connectivity index (χ0v) is 15.9. The molecule has 0 N–H and O–H groups in total. The van der Waals surface area contributed by atoms with Crippen molar-refractivity contribution < 1.29 is 0 Å². The summed E-state index contributed by atoms with van der Waals surface area (Å²) in [4.78, 5) is 0. The third-order valence-electron chi connectivity index (χ3n) is 6.95. The van der Waals surface area contributed by atoms with E-state index in [9.17, 15) is 0 Å². The lowest BCUT2D eigenvalue weighted by Gasteiger charge is -2.38. The standard InChI is InChI=1S/C11H18.C7H12.2C2H6/c1-2-9-5-10-3-8(1)4-11(6-9)7-10;1-2-7-4-3-6(1)5-7;2*1-2/h8-11H,1-7H2;6-7H,1-5H2;2*1-2H3. The lowest BCUT2D eigenvalue weighted by atomic mass is 9.68. The average molecular weight is 307 g/mol. The Hall–Kier alpha value is 0. The van der Waals surface area contributed by atoms with Crippen molar-refractivity contribution >= 4 is 0 Å². The maximum absolute atomic E-state index is 2.00. The van der Waals surface area contributed by atoms with Crippen LogP contribution in [0.5, 0.6) is 0 Å². The fourth-order valence-electron chi connectivity index (χ4n) is 6.24. The van der Waals surface area contributed by atoms with Crippen LogP contribution in [0.2, 0.25) is 0 Å². The minimum Gasteiger partial charge on any atom is -0.0683 e. The van der Waals surface area contributed by atoms with E-state index >= 15 is 0 Å². The van der Waals surface area contributed by atoms with Gasteiger partial charge in [0.15, 0.2) is 0 Å². The largest absolute Gasteiger partial charge is 0.0683 e. The molecule has 0 spiro atoms. The van der Waals surface area contributed by atoms with E-state index in [1.807, 2.05) is 27.7 Å². The van der Waals surface area contributed by atoms with E-state index < -0.39 is 0 Å². The Morgan fingerprint density at radius 3 is 0.818 bits per heavy atom. The molecule has 6 saturated carbocycles. The quantitative estimate of drug-likeness (QED) is 0.435. The molecule has 6 rings (SSSR count). The number of fused-ring (bicyclic) bond motifs is 3. The van der Waals surface area contributed by atoms with E-state index in [1.165, 1.54) is 23.7 Å². The summed E-state index contributed by atoms with van der Waals surface area (Å²) in [7, 11) is 0. The summed E-state index contributed by atoms with van der Waals surface area (Å²) in [5.41, 5.74) is 0. The molecule has 0 amide bonds. The Balaban J connectivity index is 0.000000139. The Kier molecular flexibility index (Phi) is 7.78. The molecule has 0 aromatic heterocycles. The van der Waals surface area contributed by atoms with Crippen LogP contribution in [-0.4, -0.2) is 0 Å². The molecule has 6 aliphatic carbocycles. The van der Waals surface area contributed by atoms with Crippen LogP contribution in [0, 0.1) is 35.5 Å². The van der Waals surface area contributed by atoms with Gasteiger partial charge in [-0.3, -0.25) is 0 Å². The highest BCUT2D eigenvalue weighted by Crippen LogP contribution is 2.51. The van der Waals surface area contributed by atoms with Gasteiger partial charge in [-0.2, -0.15) is 0 Å². The maximum atomic E-state index is 2.00. The molecule has 6 fully saturated rings. The van der Waals surface area contributed by atoms with Crippen molar-refractivity contribution in [3.63, 3.8) is 0 Å². The van der Waals surface area contributed by atoms with Gasteiger partial charge in [0.05, 0.1) is 0 Å². The lowest BCUT2D eigenvalue weighted by molar-refractivity contribution is 0.134. The van der Waals surface area contributed by atoms with E-state index in [-0.39, 0.29) is 0 Å². The van der Waals surface area contributed by atoms with Crippen LogP contribution in [0.15, 0.2) is 0 Å². The average Bonchev–Trinajstić information content (AvgIpc) is 3.16. The highest BCUT2D eigenvalue weighted by molar-refractivity contribution is 4.90. The van der Waals surface area contributed by atoms with Crippen molar-refractivity contribution in [3.05, 3.63) is 0 Å². The second-order valence-corrected chi connectivity index (χ2v) is 8.34. The van der Waals surface area contributed by atoms with Gasteiger partial charge in [0, 0.05) is 0 Å². The summed E-state index contributed by atoms with van der Waals surface area (Å²) in [6.07, 6.45) is 19.0. The molecule has 0 heterocycles. The van der Waals surface area contributed by atoms with Crippen LogP contribution in [0.25, 0.3) is 0 Å². The zero-order valence-electron chi connectivity index (χ0n) is 15.9. The van der Waals surface area contributed by atoms with Crippen LogP contribution < -0.4 is 0 Å². The number of hydrogen-bond acceptors (Lipinski definition) is 0. The van der Waals surface area contributed by atoms with Crippen molar-refractivity contribution in [2.45, 2.75) is 105 Å². The second-order valence-electron chi connectivity index (χ2n) is 8.34. The van der Waals surface area contributed by atoms with E-state index in [4.69, 9.17) is 0 Å². The van der Waals surface area contributed by atoms with Gasteiger partial charge in [0.25, 0.3) is 0 Å². The Morgan fingerprint density at radius 1 is 0.318 bits per heavy atom. The molecule has 130 valence electrons. The summed E-state index contributed by atoms with van der Waals surface area (Å²) < 4.78 is 0.